The Morgan fingerprint density at radius 1 is 0.561 bits per heavy atom. The molecule has 346 valence electrons. The minimum atomic E-state index is -4.27. The molecule has 2 heterocycles. The Morgan fingerprint density at radius 2 is 1.00 bits per heavy atom. The van der Waals surface area contributed by atoms with Crippen molar-refractivity contribution in [3.8, 4) is 5.75 Å². The molecule has 0 unspecified atom stereocenters. The molecule has 0 atom stereocenters. The quantitative estimate of drug-likeness (QED) is 0.0541. The second-order valence-corrected chi connectivity index (χ2v) is 18.5. The van der Waals surface area contributed by atoms with Crippen molar-refractivity contribution in [2.75, 3.05) is 17.2 Å². The highest BCUT2D eigenvalue weighted by atomic mass is 32.2. The Balaban J connectivity index is 0.000000301. The van der Waals surface area contributed by atoms with Crippen LogP contribution in [0.5, 0.6) is 5.75 Å². The summed E-state index contributed by atoms with van der Waals surface area (Å²) in [6.07, 6.45) is 11.3. The average molecular weight is 933 g/mol. The van der Waals surface area contributed by atoms with Crippen LogP contribution >= 0.6 is 0 Å². The van der Waals surface area contributed by atoms with E-state index in [1.807, 2.05) is 56.3 Å². The molecule has 0 aliphatic rings. The number of hydrogen-bond acceptors (Lipinski definition) is 9. The summed E-state index contributed by atoms with van der Waals surface area (Å²) in [6, 6.07) is 38.5. The lowest BCUT2D eigenvalue weighted by Gasteiger charge is -2.10. The maximum Gasteiger partial charge on any atom is 0.262 e. The van der Waals surface area contributed by atoms with E-state index in [1.54, 1.807) is 48.5 Å². The molecule has 13 nitrogen and oxygen atoms in total. The van der Waals surface area contributed by atoms with Crippen LogP contribution in [0.1, 0.15) is 73.9 Å². The minimum absolute atomic E-state index is 0.134. The van der Waals surface area contributed by atoms with Crippen LogP contribution < -0.4 is 24.5 Å². The number of anilines is 2. The van der Waals surface area contributed by atoms with E-state index in [2.05, 4.69) is 64.2 Å². The molecule has 0 bridgehead atoms. The molecule has 15 heteroatoms. The second-order valence-electron chi connectivity index (χ2n) is 15.7. The Bertz CT molecular complexity index is 2870. The van der Waals surface area contributed by atoms with Gasteiger partial charge in [0.05, 0.1) is 9.79 Å². The number of carbonyl (C=O) groups excluding carboxylic acids is 2. The highest BCUT2D eigenvalue weighted by Gasteiger charge is 2.13. The summed E-state index contributed by atoms with van der Waals surface area (Å²) >= 11 is 0. The zero-order valence-electron chi connectivity index (χ0n) is 37.6. The SMILES string of the molecule is CCCCC[n+]1cccc2cc(NC(=O)COc3ccc(C(=O)Nc4ccc5c(ccc[n+]5CCCCC)c4)cc3)ccc21.Cc1ccc(S(=O)(=O)[O-])cc1.Cc1ccc(S(=O)(=O)[O-])cc1. The number of nitrogens with one attached hydrogen (secondary N) is 2. The maximum atomic E-state index is 12.9. The van der Waals surface area contributed by atoms with Gasteiger partial charge in [-0.2, -0.15) is 9.13 Å². The van der Waals surface area contributed by atoms with Crippen molar-refractivity contribution in [2.24, 2.45) is 0 Å². The van der Waals surface area contributed by atoms with Gasteiger partial charge in [0.15, 0.2) is 19.0 Å². The highest BCUT2D eigenvalue weighted by Crippen LogP contribution is 2.20. The van der Waals surface area contributed by atoms with Crippen LogP contribution in [0.3, 0.4) is 0 Å². The van der Waals surface area contributed by atoms with Gasteiger partial charge in [0.2, 0.25) is 11.0 Å². The molecule has 0 saturated heterocycles. The van der Waals surface area contributed by atoms with E-state index in [9.17, 15) is 35.5 Å². The Labute approximate surface area is 387 Å². The third kappa shape index (κ3) is 15.6. The van der Waals surface area contributed by atoms with Crippen LogP contribution in [0.2, 0.25) is 0 Å². The van der Waals surface area contributed by atoms with Crippen LogP contribution in [-0.4, -0.2) is 44.4 Å². The van der Waals surface area contributed by atoms with Crippen LogP contribution in [0, 0.1) is 13.8 Å². The summed E-state index contributed by atoms with van der Waals surface area (Å²) < 4.78 is 72.6. The maximum absolute atomic E-state index is 12.9. The molecule has 0 spiro atoms. The summed E-state index contributed by atoms with van der Waals surface area (Å²) in [6.45, 7) is 9.88. The van der Waals surface area contributed by atoms with Gasteiger partial charge in [-0.15, -0.1) is 0 Å². The van der Waals surface area contributed by atoms with Crippen LogP contribution in [-0.2, 0) is 38.1 Å². The van der Waals surface area contributed by atoms with Gasteiger partial charge in [0.25, 0.3) is 11.8 Å². The largest absolute Gasteiger partial charge is 0.744 e. The molecule has 66 heavy (non-hydrogen) atoms. The number of benzene rings is 5. The minimum Gasteiger partial charge on any atom is -0.744 e. The Kier molecular flexibility index (Phi) is 18.5. The molecule has 5 aromatic carbocycles. The third-order valence-corrected chi connectivity index (χ3v) is 12.1. The fourth-order valence-electron chi connectivity index (χ4n) is 6.83. The van der Waals surface area contributed by atoms with Crippen molar-refractivity contribution in [3.05, 3.63) is 163 Å². The molecule has 2 amide bonds. The smallest absolute Gasteiger partial charge is 0.262 e. The third-order valence-electron chi connectivity index (χ3n) is 10.4. The second kappa shape index (κ2) is 24.1. The first kappa shape index (κ1) is 50.5. The molecule has 0 aliphatic carbocycles. The first-order valence-corrected chi connectivity index (χ1v) is 24.6. The molecule has 7 aromatic rings. The van der Waals surface area contributed by atoms with Gasteiger partial charge >= 0.3 is 0 Å². The number of ether oxygens (including phenoxy) is 1. The molecule has 0 aliphatic heterocycles. The number of nitrogens with zero attached hydrogens (tertiary/aromatic N) is 2. The topological polar surface area (TPSA) is 190 Å². The number of unbranched alkanes of at least 4 members (excludes halogenated alkanes) is 4. The summed E-state index contributed by atoms with van der Waals surface area (Å²) in [7, 11) is -8.54. The Morgan fingerprint density at radius 3 is 1.42 bits per heavy atom. The fourth-order valence-corrected chi connectivity index (χ4v) is 7.77. The van der Waals surface area contributed by atoms with Gasteiger partial charge in [-0.1, -0.05) is 62.1 Å². The number of carbonyl (C=O) groups is 2. The highest BCUT2D eigenvalue weighted by molar-refractivity contribution is 7.86. The van der Waals surface area contributed by atoms with Gasteiger partial charge in [0, 0.05) is 64.8 Å². The molecule has 0 radical (unpaired) electrons. The van der Waals surface area contributed by atoms with Gasteiger partial charge in [0.1, 0.15) is 39.1 Å². The molecule has 2 aromatic heterocycles. The van der Waals surface area contributed by atoms with Crippen LogP contribution in [0.15, 0.2) is 156 Å². The zero-order chi connectivity index (χ0) is 47.7. The van der Waals surface area contributed by atoms with E-state index < -0.39 is 20.2 Å². The first-order valence-electron chi connectivity index (χ1n) is 21.8. The monoisotopic (exact) mass is 932 g/mol. The lowest BCUT2D eigenvalue weighted by atomic mass is 10.1. The zero-order valence-corrected chi connectivity index (χ0v) is 39.2. The molecule has 2 N–H and O–H groups in total. The van der Waals surface area contributed by atoms with E-state index in [0.717, 1.165) is 70.2 Å². The number of rotatable bonds is 16. The Hall–Kier alpha value is -6.52. The van der Waals surface area contributed by atoms with E-state index in [-0.39, 0.29) is 28.2 Å². The van der Waals surface area contributed by atoms with Crippen molar-refractivity contribution in [1.82, 2.24) is 0 Å². The summed E-state index contributed by atoms with van der Waals surface area (Å²) in [4.78, 5) is 25.2. The van der Waals surface area contributed by atoms with Crippen molar-refractivity contribution in [3.63, 3.8) is 0 Å². The first-order chi connectivity index (χ1) is 31.5. The van der Waals surface area contributed by atoms with Crippen LogP contribution in [0.25, 0.3) is 21.8 Å². The normalized spacial score (nSPS) is 11.2. The van der Waals surface area contributed by atoms with Crippen molar-refractivity contribution >= 4 is 65.2 Å². The van der Waals surface area contributed by atoms with E-state index >= 15 is 0 Å². The van der Waals surface area contributed by atoms with Crippen molar-refractivity contribution in [1.29, 1.82) is 0 Å². The number of hydrogen-bond donors (Lipinski definition) is 2. The van der Waals surface area contributed by atoms with Gasteiger partial charge in [-0.05, 0) is 112 Å². The fraction of sp³-hybridized carbons (Fsp3) is 0.255. The predicted molar refractivity (Wildman–Crippen MR) is 254 cm³/mol. The van der Waals surface area contributed by atoms with Gasteiger partial charge in [-0.25, -0.2) is 16.8 Å². The molecule has 0 fully saturated rings. The lowest BCUT2D eigenvalue weighted by molar-refractivity contribution is -0.672. The van der Waals surface area contributed by atoms with Crippen molar-refractivity contribution < 1.29 is 49.4 Å². The predicted octanol–water partition coefficient (Wildman–Crippen LogP) is 9.02. The van der Waals surface area contributed by atoms with Crippen LogP contribution in [0.4, 0.5) is 11.4 Å². The number of fused-ring (bicyclic) bond motifs is 2. The van der Waals surface area contributed by atoms with E-state index in [1.165, 1.54) is 49.9 Å². The number of aryl methyl sites for hydroxylation is 4. The lowest BCUT2D eigenvalue weighted by Crippen LogP contribution is -2.34. The van der Waals surface area contributed by atoms with E-state index in [0.29, 0.717) is 11.3 Å². The van der Waals surface area contributed by atoms with E-state index in [4.69, 9.17) is 4.74 Å². The number of amides is 2. The molecular formula is C51H56N4O9S2. The summed E-state index contributed by atoms with van der Waals surface area (Å²) in [5, 5.41) is 8.07. The number of pyridine rings is 2. The van der Waals surface area contributed by atoms with Gasteiger partial charge in [-0.3, -0.25) is 9.59 Å². The standard InChI is InChI=1S/C37H40N4O3.2C7H8O3S/c1-3-5-7-21-40-23-9-11-29-25-31(15-19-34(29)40)38-36(42)27-44-33-17-13-28(14-18-33)37(43)39-32-16-20-35-30(26-32)12-10-24-41(35)22-8-6-4-2;2*1-6-2-4-7(5-3-6)11(8,9)10/h9-20,23-26H,3-8,21-22,27H2,1-2H3;2*2-5H,1H3,(H,8,9,10). The van der Waals surface area contributed by atoms with Gasteiger partial charge < -0.3 is 24.5 Å². The van der Waals surface area contributed by atoms with Crippen molar-refractivity contribution in [2.45, 2.75) is 89.1 Å². The summed E-state index contributed by atoms with van der Waals surface area (Å²) in [5.74, 6) is 0.0611. The molecular weight excluding hydrogens is 877 g/mol. The average Bonchev–Trinajstić information content (AvgIpc) is 3.29. The molecule has 7 rings (SSSR count). The number of aromatic nitrogens is 2. The molecule has 0 saturated carbocycles. The summed E-state index contributed by atoms with van der Waals surface area (Å²) in [5.41, 5.74) is 6.13.